The highest BCUT2D eigenvalue weighted by Gasteiger charge is 1.99. The van der Waals surface area contributed by atoms with Gasteiger partial charge in [-0.2, -0.15) is 0 Å². The number of rotatable bonds is 2. The van der Waals surface area contributed by atoms with Crippen LogP contribution in [0.5, 0.6) is 0 Å². The van der Waals surface area contributed by atoms with Crippen molar-refractivity contribution in [3.05, 3.63) is 21.7 Å². The normalized spacial score (nSPS) is 10.8. The summed E-state index contributed by atoms with van der Waals surface area (Å²) in [5.74, 6) is -0.944. The first-order valence-corrected chi connectivity index (χ1v) is 4.26. The molecule has 12 heavy (non-hydrogen) atoms. The molecule has 3 nitrogen and oxygen atoms in total. The molecule has 1 N–H and O–H groups in total. The predicted octanol–water partition coefficient (Wildman–Crippen LogP) is 1.86. The van der Waals surface area contributed by atoms with Gasteiger partial charge in [0, 0.05) is 11.0 Å². The summed E-state index contributed by atoms with van der Waals surface area (Å²) in [7, 11) is 0. The van der Waals surface area contributed by atoms with Crippen molar-refractivity contribution in [1.82, 2.24) is 4.98 Å². The van der Waals surface area contributed by atoms with Crippen molar-refractivity contribution in [2.45, 2.75) is 13.8 Å². The van der Waals surface area contributed by atoms with E-state index < -0.39 is 5.97 Å². The minimum Gasteiger partial charge on any atom is -0.478 e. The van der Waals surface area contributed by atoms with Gasteiger partial charge in [0.25, 0.3) is 0 Å². The molecule has 0 radical (unpaired) electrons. The van der Waals surface area contributed by atoms with Crippen LogP contribution < -0.4 is 0 Å². The molecule has 0 amide bonds. The number of aromatic nitrogens is 1. The minimum absolute atomic E-state index is 0.743. The highest BCUT2D eigenvalue weighted by Crippen LogP contribution is 2.17. The molecule has 0 bridgehead atoms. The third-order valence-corrected chi connectivity index (χ3v) is 2.45. The minimum atomic E-state index is -0.944. The SMILES string of the molecule is Cc1nc(C=CC(=O)O)sc1C. The molecule has 4 heteroatoms. The average Bonchev–Trinajstić information content (AvgIpc) is 2.28. The Morgan fingerprint density at radius 1 is 1.58 bits per heavy atom. The Morgan fingerprint density at radius 3 is 2.67 bits per heavy atom. The molecule has 1 rings (SSSR count). The Morgan fingerprint density at radius 2 is 2.25 bits per heavy atom. The summed E-state index contributed by atoms with van der Waals surface area (Å²) in [5, 5.41) is 9.08. The van der Waals surface area contributed by atoms with Crippen LogP contribution >= 0.6 is 11.3 Å². The fourth-order valence-electron chi connectivity index (χ4n) is 0.711. The van der Waals surface area contributed by atoms with Gasteiger partial charge in [0.05, 0.1) is 5.69 Å². The lowest BCUT2D eigenvalue weighted by atomic mass is 10.4. The second-order valence-corrected chi connectivity index (χ2v) is 3.60. The molecule has 64 valence electrons. The van der Waals surface area contributed by atoms with Crippen LogP contribution in [0, 0.1) is 13.8 Å². The van der Waals surface area contributed by atoms with Gasteiger partial charge < -0.3 is 5.11 Å². The van der Waals surface area contributed by atoms with Crippen LogP contribution in [0.25, 0.3) is 6.08 Å². The predicted molar refractivity (Wildman–Crippen MR) is 48.3 cm³/mol. The zero-order chi connectivity index (χ0) is 9.14. The van der Waals surface area contributed by atoms with Gasteiger partial charge in [-0.3, -0.25) is 0 Å². The quantitative estimate of drug-likeness (QED) is 0.712. The van der Waals surface area contributed by atoms with E-state index in [0.29, 0.717) is 0 Å². The first-order chi connectivity index (χ1) is 5.59. The Balaban J connectivity index is 2.83. The lowest BCUT2D eigenvalue weighted by Crippen LogP contribution is -1.85. The van der Waals surface area contributed by atoms with E-state index in [1.54, 1.807) is 0 Å². The molecule has 1 heterocycles. The van der Waals surface area contributed by atoms with Crippen LogP contribution in [0.15, 0.2) is 6.08 Å². The van der Waals surface area contributed by atoms with Crippen molar-refractivity contribution < 1.29 is 9.90 Å². The van der Waals surface area contributed by atoms with Gasteiger partial charge in [0.2, 0.25) is 0 Å². The molecule has 0 saturated heterocycles. The molecular formula is C8H9NO2S. The number of carboxylic acid groups (broad SMARTS) is 1. The van der Waals surface area contributed by atoms with Crippen LogP contribution in [0.1, 0.15) is 15.6 Å². The van der Waals surface area contributed by atoms with E-state index in [4.69, 9.17) is 5.11 Å². The lowest BCUT2D eigenvalue weighted by molar-refractivity contribution is -0.131. The molecule has 0 unspecified atom stereocenters. The highest BCUT2D eigenvalue weighted by atomic mass is 32.1. The van der Waals surface area contributed by atoms with Gasteiger partial charge in [-0.1, -0.05) is 0 Å². The van der Waals surface area contributed by atoms with Crippen molar-refractivity contribution in [1.29, 1.82) is 0 Å². The highest BCUT2D eigenvalue weighted by molar-refractivity contribution is 7.12. The van der Waals surface area contributed by atoms with Crippen LogP contribution in [-0.4, -0.2) is 16.1 Å². The number of hydrogen-bond acceptors (Lipinski definition) is 3. The second-order valence-electron chi connectivity index (χ2n) is 2.37. The molecular weight excluding hydrogens is 174 g/mol. The van der Waals surface area contributed by atoms with Crippen LogP contribution in [0.2, 0.25) is 0 Å². The number of thiazole rings is 1. The van der Waals surface area contributed by atoms with Crippen LogP contribution in [0.3, 0.4) is 0 Å². The Kier molecular flexibility index (Phi) is 2.60. The standard InChI is InChI=1S/C8H9NO2S/c1-5-6(2)12-7(9-5)3-4-8(10)11/h3-4H,1-2H3,(H,10,11). The summed E-state index contributed by atoms with van der Waals surface area (Å²) >= 11 is 1.50. The molecule has 0 saturated carbocycles. The zero-order valence-corrected chi connectivity index (χ0v) is 7.68. The van der Waals surface area contributed by atoms with Crippen LogP contribution in [0.4, 0.5) is 0 Å². The number of aryl methyl sites for hydroxylation is 2. The van der Waals surface area contributed by atoms with E-state index in [-0.39, 0.29) is 0 Å². The van der Waals surface area contributed by atoms with Gasteiger partial charge in [-0.15, -0.1) is 11.3 Å². The third-order valence-electron chi connectivity index (χ3n) is 1.41. The lowest BCUT2D eigenvalue weighted by Gasteiger charge is -1.79. The van der Waals surface area contributed by atoms with E-state index in [9.17, 15) is 4.79 Å². The summed E-state index contributed by atoms with van der Waals surface area (Å²) in [6, 6.07) is 0. The van der Waals surface area contributed by atoms with Crippen LogP contribution in [-0.2, 0) is 4.79 Å². The first-order valence-electron chi connectivity index (χ1n) is 3.44. The largest absolute Gasteiger partial charge is 0.478 e. The maximum Gasteiger partial charge on any atom is 0.328 e. The van der Waals surface area contributed by atoms with Crippen molar-refractivity contribution >= 4 is 23.4 Å². The molecule has 0 aromatic carbocycles. The first kappa shape index (κ1) is 8.93. The fraction of sp³-hybridized carbons (Fsp3) is 0.250. The van der Waals surface area contributed by atoms with Crippen molar-refractivity contribution in [2.75, 3.05) is 0 Å². The zero-order valence-electron chi connectivity index (χ0n) is 6.87. The van der Waals surface area contributed by atoms with E-state index in [0.717, 1.165) is 21.7 Å². The molecule has 0 aliphatic rings. The summed E-state index contributed by atoms with van der Waals surface area (Å²) in [5.41, 5.74) is 0.963. The summed E-state index contributed by atoms with van der Waals surface area (Å²) in [6.45, 7) is 3.87. The van der Waals surface area contributed by atoms with E-state index in [2.05, 4.69) is 4.98 Å². The Bertz CT molecular complexity index is 308. The van der Waals surface area contributed by atoms with E-state index in [1.807, 2.05) is 13.8 Å². The molecule has 0 spiro atoms. The maximum absolute atomic E-state index is 10.2. The summed E-state index contributed by atoms with van der Waals surface area (Å²) in [6.07, 6.45) is 2.60. The maximum atomic E-state index is 10.2. The monoisotopic (exact) mass is 183 g/mol. The summed E-state index contributed by atoms with van der Waals surface area (Å²) < 4.78 is 0. The van der Waals surface area contributed by atoms with Gasteiger partial charge >= 0.3 is 5.97 Å². The number of aliphatic carboxylic acids is 1. The summed E-state index contributed by atoms with van der Waals surface area (Å²) in [4.78, 5) is 15.4. The van der Waals surface area contributed by atoms with Crippen molar-refractivity contribution in [3.8, 4) is 0 Å². The molecule has 1 aromatic rings. The number of hydrogen-bond donors (Lipinski definition) is 1. The Labute approximate surface area is 74.4 Å². The fourth-order valence-corrected chi connectivity index (χ4v) is 1.54. The Hall–Kier alpha value is -1.16. The van der Waals surface area contributed by atoms with Gasteiger partial charge in [-0.05, 0) is 19.9 Å². The number of nitrogens with zero attached hydrogens (tertiary/aromatic N) is 1. The van der Waals surface area contributed by atoms with Crippen molar-refractivity contribution in [3.63, 3.8) is 0 Å². The van der Waals surface area contributed by atoms with E-state index in [1.165, 1.54) is 17.4 Å². The molecule has 0 aliphatic carbocycles. The smallest absolute Gasteiger partial charge is 0.328 e. The van der Waals surface area contributed by atoms with Gasteiger partial charge in [0.1, 0.15) is 5.01 Å². The van der Waals surface area contributed by atoms with E-state index >= 15 is 0 Å². The molecule has 0 aliphatic heterocycles. The molecule has 0 fully saturated rings. The molecule has 1 aromatic heterocycles. The van der Waals surface area contributed by atoms with Crippen molar-refractivity contribution in [2.24, 2.45) is 0 Å². The third kappa shape index (κ3) is 2.17. The van der Waals surface area contributed by atoms with Gasteiger partial charge in [-0.25, -0.2) is 9.78 Å². The number of carboxylic acids is 1. The second kappa shape index (κ2) is 3.49. The number of carbonyl (C=O) groups is 1. The van der Waals surface area contributed by atoms with Gasteiger partial charge in [0.15, 0.2) is 0 Å². The topological polar surface area (TPSA) is 50.2 Å². The average molecular weight is 183 g/mol. The molecule has 0 atom stereocenters.